The highest BCUT2D eigenvalue weighted by atomic mass is 19.1. The van der Waals surface area contributed by atoms with Crippen molar-refractivity contribution in [1.82, 2.24) is 0 Å². The van der Waals surface area contributed by atoms with Gasteiger partial charge in [0.25, 0.3) is 0 Å². The lowest BCUT2D eigenvalue weighted by molar-refractivity contribution is 0.150. The molecule has 1 saturated carbocycles. The first-order valence-electron chi connectivity index (χ1n) is 6.10. The van der Waals surface area contributed by atoms with E-state index in [1.807, 2.05) is 0 Å². The number of alkyl halides is 1. The lowest BCUT2D eigenvalue weighted by Crippen LogP contribution is -2.12. The maximum absolute atomic E-state index is 13.5. The monoisotopic (exact) mass is 254 g/mol. The van der Waals surface area contributed by atoms with Gasteiger partial charge in [-0.15, -0.1) is 0 Å². The smallest absolute Gasteiger partial charge is 0.126 e. The Balaban J connectivity index is 2.38. The van der Waals surface area contributed by atoms with Crippen LogP contribution in [0, 0.1) is 0 Å². The Morgan fingerprint density at radius 1 is 1.28 bits per heavy atom. The van der Waals surface area contributed by atoms with Crippen LogP contribution in [0.1, 0.15) is 37.1 Å². The number of aliphatic hydroxyl groups is 1. The first kappa shape index (κ1) is 13.1. The molecule has 1 aromatic rings. The van der Waals surface area contributed by atoms with Gasteiger partial charge in [-0.2, -0.15) is 0 Å². The molecule has 1 aliphatic carbocycles. The predicted molar refractivity (Wildman–Crippen MR) is 67.0 cm³/mol. The summed E-state index contributed by atoms with van der Waals surface area (Å²) in [4.78, 5) is 0. The zero-order valence-electron chi connectivity index (χ0n) is 11.0. The maximum atomic E-state index is 13.5. The average Bonchev–Trinajstić information content (AvgIpc) is 3.05. The summed E-state index contributed by atoms with van der Waals surface area (Å²) >= 11 is 0. The number of halogens is 1. The minimum absolute atomic E-state index is 0.473. The molecule has 1 N–H and O–H groups in total. The quantitative estimate of drug-likeness (QED) is 0.878. The van der Waals surface area contributed by atoms with Crippen LogP contribution in [0.3, 0.4) is 0 Å². The Labute approximate surface area is 107 Å². The summed E-state index contributed by atoms with van der Waals surface area (Å²) in [5.74, 6) is 1.11. The van der Waals surface area contributed by atoms with Crippen molar-refractivity contribution in [3.8, 4) is 11.5 Å². The van der Waals surface area contributed by atoms with Crippen LogP contribution in [-0.4, -0.2) is 24.9 Å². The van der Waals surface area contributed by atoms with Gasteiger partial charge in [0.15, 0.2) is 0 Å². The van der Waals surface area contributed by atoms with E-state index < -0.39 is 11.8 Å². The van der Waals surface area contributed by atoms with E-state index in [4.69, 9.17) is 9.47 Å². The number of ether oxygens (including phenoxy) is 2. The van der Waals surface area contributed by atoms with E-state index in [1.165, 1.54) is 14.0 Å². The molecule has 0 bridgehead atoms. The van der Waals surface area contributed by atoms with Crippen molar-refractivity contribution in [3.05, 3.63) is 23.3 Å². The van der Waals surface area contributed by atoms with E-state index in [2.05, 4.69) is 0 Å². The molecule has 18 heavy (non-hydrogen) atoms. The van der Waals surface area contributed by atoms with E-state index in [1.54, 1.807) is 19.2 Å². The van der Waals surface area contributed by atoms with Gasteiger partial charge in [0.1, 0.15) is 17.7 Å². The third-order valence-electron chi connectivity index (χ3n) is 3.41. The zero-order chi connectivity index (χ0) is 13.3. The molecule has 0 heterocycles. The molecule has 0 amide bonds. The summed E-state index contributed by atoms with van der Waals surface area (Å²) in [6.07, 6.45) is 1.01. The zero-order valence-corrected chi connectivity index (χ0v) is 11.0. The van der Waals surface area contributed by atoms with Crippen LogP contribution in [0.2, 0.25) is 0 Å². The summed E-state index contributed by atoms with van der Waals surface area (Å²) in [6, 6.07) is 3.42. The van der Waals surface area contributed by atoms with Crippen molar-refractivity contribution in [3.63, 3.8) is 0 Å². The first-order chi connectivity index (χ1) is 8.49. The fraction of sp³-hybridized carbons (Fsp3) is 0.571. The van der Waals surface area contributed by atoms with Gasteiger partial charge in [-0.1, -0.05) is 0 Å². The molecular formula is C14H19FO3. The molecule has 0 saturated heterocycles. The van der Waals surface area contributed by atoms with Gasteiger partial charge < -0.3 is 14.6 Å². The van der Waals surface area contributed by atoms with Crippen LogP contribution in [-0.2, 0) is 6.42 Å². The van der Waals surface area contributed by atoms with Gasteiger partial charge in [0.2, 0.25) is 0 Å². The van der Waals surface area contributed by atoms with Gasteiger partial charge >= 0.3 is 0 Å². The molecule has 0 aliphatic heterocycles. The van der Waals surface area contributed by atoms with Crippen molar-refractivity contribution in [1.29, 1.82) is 0 Å². The molecule has 1 fully saturated rings. The molecule has 4 heteroatoms. The lowest BCUT2D eigenvalue weighted by atomic mass is 10.0. The van der Waals surface area contributed by atoms with Crippen LogP contribution in [0.4, 0.5) is 4.39 Å². The molecule has 1 aliphatic rings. The summed E-state index contributed by atoms with van der Waals surface area (Å²) in [6.45, 7) is 1.46. The Morgan fingerprint density at radius 2 is 1.89 bits per heavy atom. The molecule has 3 nitrogen and oxygen atoms in total. The highest BCUT2D eigenvalue weighted by Gasteiger charge is 2.41. The van der Waals surface area contributed by atoms with E-state index in [0.717, 1.165) is 18.4 Å². The second kappa shape index (κ2) is 4.76. The van der Waals surface area contributed by atoms with E-state index in [9.17, 15) is 9.50 Å². The third-order valence-corrected chi connectivity index (χ3v) is 3.41. The molecule has 1 aromatic carbocycles. The number of hydrogen-bond acceptors (Lipinski definition) is 3. The Kier molecular flexibility index (Phi) is 3.48. The van der Waals surface area contributed by atoms with Gasteiger partial charge in [-0.05, 0) is 31.9 Å². The largest absolute Gasteiger partial charge is 0.496 e. The minimum Gasteiger partial charge on any atom is -0.496 e. The van der Waals surface area contributed by atoms with Crippen LogP contribution in [0.5, 0.6) is 11.5 Å². The molecule has 1 unspecified atom stereocenters. The maximum Gasteiger partial charge on any atom is 0.126 e. The molecule has 100 valence electrons. The van der Waals surface area contributed by atoms with Crippen LogP contribution in [0.25, 0.3) is 0 Å². The van der Waals surface area contributed by atoms with Gasteiger partial charge in [-0.3, -0.25) is 0 Å². The van der Waals surface area contributed by atoms with E-state index in [0.29, 0.717) is 23.5 Å². The Hall–Kier alpha value is -1.29. The number of rotatable bonds is 5. The predicted octanol–water partition coefficient (Wildman–Crippen LogP) is 2.80. The van der Waals surface area contributed by atoms with Gasteiger partial charge in [0.05, 0.1) is 19.8 Å². The average molecular weight is 254 g/mol. The molecular weight excluding hydrogens is 235 g/mol. The Morgan fingerprint density at radius 3 is 2.33 bits per heavy atom. The van der Waals surface area contributed by atoms with Crippen molar-refractivity contribution in [2.45, 2.75) is 38.0 Å². The van der Waals surface area contributed by atoms with Crippen molar-refractivity contribution < 1.29 is 19.0 Å². The minimum atomic E-state index is -1.12. The standard InChI is InChI=1S/C14H19FO3/c1-9(15)11-7-12(17-2)10(6-13(11)18-3)8-14(16)4-5-14/h6-7,9,16H,4-5,8H2,1-3H3. The molecule has 0 aromatic heterocycles. The first-order valence-corrected chi connectivity index (χ1v) is 6.10. The summed E-state index contributed by atoms with van der Waals surface area (Å²) in [5.41, 5.74) is 0.723. The Bertz CT molecular complexity index is 439. The van der Waals surface area contributed by atoms with Crippen LogP contribution >= 0.6 is 0 Å². The molecule has 2 rings (SSSR count). The van der Waals surface area contributed by atoms with Crippen LogP contribution in [0.15, 0.2) is 12.1 Å². The number of hydrogen-bond donors (Lipinski definition) is 1. The number of methoxy groups -OCH3 is 2. The van der Waals surface area contributed by atoms with Crippen LogP contribution < -0.4 is 9.47 Å². The number of benzene rings is 1. The normalized spacial score (nSPS) is 18.3. The second-order valence-electron chi connectivity index (χ2n) is 4.92. The summed E-state index contributed by atoms with van der Waals surface area (Å²) in [7, 11) is 3.07. The third kappa shape index (κ3) is 2.58. The van der Waals surface area contributed by atoms with E-state index in [-0.39, 0.29) is 0 Å². The second-order valence-corrected chi connectivity index (χ2v) is 4.92. The van der Waals surface area contributed by atoms with Gasteiger partial charge in [-0.25, -0.2) is 4.39 Å². The fourth-order valence-electron chi connectivity index (χ4n) is 2.11. The molecule has 0 spiro atoms. The lowest BCUT2D eigenvalue weighted by Gasteiger charge is -2.17. The SMILES string of the molecule is COc1cc(C(C)F)c(OC)cc1CC1(O)CC1. The van der Waals surface area contributed by atoms with Crippen molar-refractivity contribution >= 4 is 0 Å². The highest BCUT2D eigenvalue weighted by molar-refractivity contribution is 5.48. The van der Waals surface area contributed by atoms with Crippen molar-refractivity contribution in [2.75, 3.05) is 14.2 Å². The van der Waals surface area contributed by atoms with Crippen molar-refractivity contribution in [2.24, 2.45) is 0 Å². The summed E-state index contributed by atoms with van der Waals surface area (Å²) < 4.78 is 24.0. The highest BCUT2D eigenvalue weighted by Crippen LogP contribution is 2.42. The molecule has 1 atom stereocenters. The molecule has 0 radical (unpaired) electrons. The topological polar surface area (TPSA) is 38.7 Å². The summed E-state index contributed by atoms with van der Waals surface area (Å²) in [5, 5.41) is 9.97. The van der Waals surface area contributed by atoms with E-state index >= 15 is 0 Å². The fourth-order valence-corrected chi connectivity index (χ4v) is 2.11. The van der Waals surface area contributed by atoms with Gasteiger partial charge in [0, 0.05) is 17.5 Å².